The topological polar surface area (TPSA) is 65.0 Å². The highest BCUT2D eigenvalue weighted by Gasteiger charge is 2.07. The highest BCUT2D eigenvalue weighted by Crippen LogP contribution is 2.28. The molecule has 24 heavy (non-hydrogen) atoms. The Balaban J connectivity index is 1.90. The summed E-state index contributed by atoms with van der Waals surface area (Å²) in [5.74, 6) is 1.19. The van der Waals surface area contributed by atoms with Crippen molar-refractivity contribution in [2.45, 2.75) is 19.8 Å². The van der Waals surface area contributed by atoms with Gasteiger partial charge in [0, 0.05) is 6.42 Å². The van der Waals surface area contributed by atoms with E-state index in [4.69, 9.17) is 19.3 Å². The number of hydrogen-bond acceptors (Lipinski definition) is 4. The highest BCUT2D eigenvalue weighted by molar-refractivity contribution is 5.67. The first-order chi connectivity index (χ1) is 11.6. The van der Waals surface area contributed by atoms with E-state index in [2.05, 4.69) is 0 Å². The van der Waals surface area contributed by atoms with Gasteiger partial charge in [-0.1, -0.05) is 18.2 Å². The number of ether oxygens (including phenoxy) is 3. The third-order valence-electron chi connectivity index (χ3n) is 3.45. The van der Waals surface area contributed by atoms with E-state index in [0.717, 1.165) is 16.9 Å². The minimum absolute atomic E-state index is 0.0856. The van der Waals surface area contributed by atoms with Crippen molar-refractivity contribution in [2.24, 2.45) is 0 Å². The van der Waals surface area contributed by atoms with Gasteiger partial charge in [-0.25, -0.2) is 0 Å². The van der Waals surface area contributed by atoms with E-state index in [0.29, 0.717) is 31.1 Å². The molecule has 0 aromatic heterocycles. The molecule has 5 nitrogen and oxygen atoms in total. The zero-order chi connectivity index (χ0) is 17.4. The van der Waals surface area contributed by atoms with Gasteiger partial charge in [0.2, 0.25) is 0 Å². The first-order valence-corrected chi connectivity index (χ1v) is 7.79. The molecule has 0 aliphatic rings. The minimum atomic E-state index is -0.820. The van der Waals surface area contributed by atoms with Gasteiger partial charge in [-0.2, -0.15) is 0 Å². The molecule has 0 aliphatic carbocycles. The summed E-state index contributed by atoms with van der Waals surface area (Å²) in [4.78, 5) is 10.7. The summed E-state index contributed by atoms with van der Waals surface area (Å²) in [6, 6.07) is 13.3. The maximum Gasteiger partial charge on any atom is 0.303 e. The van der Waals surface area contributed by atoms with Crippen LogP contribution in [-0.4, -0.2) is 31.4 Å². The minimum Gasteiger partial charge on any atom is -0.493 e. The molecule has 0 amide bonds. The molecule has 0 spiro atoms. The molecule has 128 valence electrons. The molecule has 0 bridgehead atoms. The monoisotopic (exact) mass is 330 g/mol. The second-order valence-corrected chi connectivity index (χ2v) is 5.39. The van der Waals surface area contributed by atoms with Crippen LogP contribution in [0.25, 0.3) is 0 Å². The maximum atomic E-state index is 10.7. The van der Waals surface area contributed by atoms with Gasteiger partial charge in [-0.15, -0.1) is 0 Å². The van der Waals surface area contributed by atoms with E-state index in [1.54, 1.807) is 13.2 Å². The molecule has 0 aliphatic heterocycles. The second-order valence-electron chi connectivity index (χ2n) is 5.39. The van der Waals surface area contributed by atoms with Crippen molar-refractivity contribution < 1.29 is 24.1 Å². The van der Waals surface area contributed by atoms with Crippen LogP contribution in [0.4, 0.5) is 0 Å². The molecular weight excluding hydrogens is 308 g/mol. The Labute approximate surface area is 141 Å². The van der Waals surface area contributed by atoms with Crippen molar-refractivity contribution in [1.29, 1.82) is 0 Å². The fraction of sp³-hybridized carbons (Fsp3) is 0.316. The number of carbonyl (C=O) groups is 1. The SMILES string of the molecule is COc1ccc(CCC(=O)O)cc1OCCOc1cccc(C)c1. The van der Waals surface area contributed by atoms with E-state index in [9.17, 15) is 4.79 Å². The van der Waals surface area contributed by atoms with Gasteiger partial charge in [-0.05, 0) is 48.7 Å². The zero-order valence-corrected chi connectivity index (χ0v) is 14.0. The van der Waals surface area contributed by atoms with E-state index in [-0.39, 0.29) is 6.42 Å². The second kappa shape index (κ2) is 8.82. The van der Waals surface area contributed by atoms with Gasteiger partial charge in [-0.3, -0.25) is 4.79 Å². The fourth-order valence-corrected chi connectivity index (χ4v) is 2.26. The summed E-state index contributed by atoms with van der Waals surface area (Å²) in [7, 11) is 1.57. The predicted molar refractivity (Wildman–Crippen MR) is 91.1 cm³/mol. The summed E-state index contributed by atoms with van der Waals surface area (Å²) >= 11 is 0. The number of aliphatic carboxylic acids is 1. The summed E-state index contributed by atoms with van der Waals surface area (Å²) in [6.07, 6.45) is 0.539. The molecule has 0 radical (unpaired) electrons. The van der Waals surface area contributed by atoms with Gasteiger partial charge < -0.3 is 19.3 Å². The number of aryl methyl sites for hydroxylation is 2. The molecule has 1 N–H and O–H groups in total. The first kappa shape index (κ1) is 17.7. The lowest BCUT2D eigenvalue weighted by Gasteiger charge is -2.13. The van der Waals surface area contributed by atoms with E-state index < -0.39 is 5.97 Å². The number of rotatable bonds is 9. The summed E-state index contributed by atoms with van der Waals surface area (Å²) in [6.45, 7) is 2.79. The largest absolute Gasteiger partial charge is 0.493 e. The third-order valence-corrected chi connectivity index (χ3v) is 3.45. The molecule has 0 atom stereocenters. The average molecular weight is 330 g/mol. The highest BCUT2D eigenvalue weighted by atomic mass is 16.5. The lowest BCUT2D eigenvalue weighted by molar-refractivity contribution is -0.136. The zero-order valence-electron chi connectivity index (χ0n) is 14.0. The number of methoxy groups -OCH3 is 1. The van der Waals surface area contributed by atoms with Crippen LogP contribution in [0, 0.1) is 6.92 Å². The van der Waals surface area contributed by atoms with Gasteiger partial charge in [0.15, 0.2) is 11.5 Å². The van der Waals surface area contributed by atoms with Crippen LogP contribution >= 0.6 is 0 Å². The third kappa shape index (κ3) is 5.50. The van der Waals surface area contributed by atoms with Crippen molar-refractivity contribution in [3.63, 3.8) is 0 Å². The molecule has 0 unspecified atom stereocenters. The smallest absolute Gasteiger partial charge is 0.303 e. The maximum absolute atomic E-state index is 10.7. The molecule has 0 saturated heterocycles. The van der Waals surface area contributed by atoms with Crippen molar-refractivity contribution in [1.82, 2.24) is 0 Å². The van der Waals surface area contributed by atoms with Crippen LogP contribution in [-0.2, 0) is 11.2 Å². The Kier molecular flexibility index (Phi) is 6.49. The molecule has 2 aromatic rings. The standard InChI is InChI=1S/C19H22O5/c1-14-4-3-5-16(12-14)23-10-11-24-18-13-15(7-9-19(20)21)6-8-17(18)22-2/h3-6,8,12-13H,7,9-11H2,1-2H3,(H,20,21). The van der Waals surface area contributed by atoms with Gasteiger partial charge in [0.1, 0.15) is 19.0 Å². The van der Waals surface area contributed by atoms with Crippen LogP contribution < -0.4 is 14.2 Å². The molecule has 0 fully saturated rings. The number of carboxylic acid groups (broad SMARTS) is 1. The lowest BCUT2D eigenvalue weighted by atomic mass is 10.1. The summed E-state index contributed by atoms with van der Waals surface area (Å²) in [5.41, 5.74) is 2.04. The van der Waals surface area contributed by atoms with E-state index in [1.165, 1.54) is 0 Å². The summed E-state index contributed by atoms with van der Waals surface area (Å²) < 4.78 is 16.7. The average Bonchev–Trinajstić information content (AvgIpc) is 2.57. The van der Waals surface area contributed by atoms with E-state index >= 15 is 0 Å². The number of hydrogen-bond donors (Lipinski definition) is 1. The predicted octanol–water partition coefficient (Wildman–Crippen LogP) is 3.48. The molecule has 0 saturated carbocycles. The Morgan fingerprint density at radius 3 is 2.54 bits per heavy atom. The normalized spacial score (nSPS) is 10.2. The Morgan fingerprint density at radius 1 is 1.04 bits per heavy atom. The fourth-order valence-electron chi connectivity index (χ4n) is 2.26. The van der Waals surface area contributed by atoms with E-state index in [1.807, 2.05) is 43.3 Å². The molecule has 0 heterocycles. The van der Waals surface area contributed by atoms with Crippen LogP contribution in [0.2, 0.25) is 0 Å². The Morgan fingerprint density at radius 2 is 1.83 bits per heavy atom. The molecular formula is C19H22O5. The Bertz CT molecular complexity index is 681. The van der Waals surface area contributed by atoms with Crippen molar-refractivity contribution in [2.75, 3.05) is 20.3 Å². The number of carboxylic acids is 1. The van der Waals surface area contributed by atoms with Crippen molar-refractivity contribution in [3.8, 4) is 17.2 Å². The van der Waals surface area contributed by atoms with Crippen LogP contribution in [0.3, 0.4) is 0 Å². The van der Waals surface area contributed by atoms with Gasteiger partial charge in [0.05, 0.1) is 7.11 Å². The Hall–Kier alpha value is -2.69. The van der Waals surface area contributed by atoms with Gasteiger partial charge in [0.25, 0.3) is 0 Å². The van der Waals surface area contributed by atoms with Crippen LogP contribution in [0.1, 0.15) is 17.5 Å². The first-order valence-electron chi connectivity index (χ1n) is 7.79. The van der Waals surface area contributed by atoms with Crippen molar-refractivity contribution >= 4 is 5.97 Å². The van der Waals surface area contributed by atoms with Crippen LogP contribution in [0.15, 0.2) is 42.5 Å². The molecule has 2 rings (SSSR count). The quantitative estimate of drug-likeness (QED) is 0.713. The lowest BCUT2D eigenvalue weighted by Crippen LogP contribution is -2.10. The number of benzene rings is 2. The van der Waals surface area contributed by atoms with Gasteiger partial charge >= 0.3 is 5.97 Å². The molecule has 2 aromatic carbocycles. The molecule has 5 heteroatoms. The van der Waals surface area contributed by atoms with Crippen molar-refractivity contribution in [3.05, 3.63) is 53.6 Å². The summed E-state index contributed by atoms with van der Waals surface area (Å²) in [5, 5.41) is 8.77. The van der Waals surface area contributed by atoms with Crippen LogP contribution in [0.5, 0.6) is 17.2 Å².